The highest BCUT2D eigenvalue weighted by atomic mass is 16.2. The number of nitrogens with one attached hydrogen (secondary N) is 3. The van der Waals surface area contributed by atoms with E-state index in [1.54, 1.807) is 7.05 Å². The number of carbonyl (C=O) groups is 2. The summed E-state index contributed by atoms with van der Waals surface area (Å²) in [4.78, 5) is 22.3. The van der Waals surface area contributed by atoms with Gasteiger partial charge in [-0.1, -0.05) is 0 Å². The van der Waals surface area contributed by atoms with Crippen molar-refractivity contribution in [2.24, 2.45) is 5.92 Å². The molecule has 0 aromatic carbocycles. The molecule has 1 heterocycles. The van der Waals surface area contributed by atoms with Crippen LogP contribution in [0, 0.1) is 5.92 Å². The summed E-state index contributed by atoms with van der Waals surface area (Å²) in [5, 5.41) is 8.38. The molecule has 0 bridgehead atoms. The maximum atomic E-state index is 11.4. The standard InChI is InChI=1S/C9H17N3O2/c1-10-8(13)3-5-12-9(14)7-2-4-11-6-7/h7,11H,2-6H2,1H3,(H,10,13)(H,12,14). The van der Waals surface area contributed by atoms with E-state index in [4.69, 9.17) is 0 Å². The lowest BCUT2D eigenvalue weighted by Crippen LogP contribution is -2.34. The van der Waals surface area contributed by atoms with Crippen LogP contribution in [0.5, 0.6) is 0 Å². The number of hydrogen-bond acceptors (Lipinski definition) is 3. The molecular formula is C9H17N3O2. The van der Waals surface area contributed by atoms with Gasteiger partial charge in [0.1, 0.15) is 0 Å². The summed E-state index contributed by atoms with van der Waals surface area (Å²) in [7, 11) is 1.59. The second-order valence-corrected chi connectivity index (χ2v) is 3.40. The van der Waals surface area contributed by atoms with Gasteiger partial charge in [0.25, 0.3) is 0 Å². The zero-order chi connectivity index (χ0) is 10.4. The molecule has 5 nitrogen and oxygen atoms in total. The Labute approximate surface area is 83.6 Å². The van der Waals surface area contributed by atoms with Gasteiger partial charge in [-0.3, -0.25) is 9.59 Å². The van der Waals surface area contributed by atoms with Crippen LogP contribution in [0.25, 0.3) is 0 Å². The monoisotopic (exact) mass is 199 g/mol. The molecule has 0 saturated carbocycles. The van der Waals surface area contributed by atoms with Crippen molar-refractivity contribution in [3.05, 3.63) is 0 Å². The van der Waals surface area contributed by atoms with Gasteiger partial charge >= 0.3 is 0 Å². The van der Waals surface area contributed by atoms with E-state index >= 15 is 0 Å². The number of amides is 2. The first-order valence-corrected chi connectivity index (χ1v) is 4.93. The van der Waals surface area contributed by atoms with Crippen molar-refractivity contribution < 1.29 is 9.59 Å². The van der Waals surface area contributed by atoms with E-state index in [2.05, 4.69) is 16.0 Å². The van der Waals surface area contributed by atoms with E-state index in [1.807, 2.05) is 0 Å². The van der Waals surface area contributed by atoms with Gasteiger partial charge in [-0.15, -0.1) is 0 Å². The molecule has 0 spiro atoms. The summed E-state index contributed by atoms with van der Waals surface area (Å²) < 4.78 is 0. The van der Waals surface area contributed by atoms with Crippen LogP contribution in [-0.2, 0) is 9.59 Å². The fourth-order valence-corrected chi connectivity index (χ4v) is 1.45. The Morgan fingerprint density at radius 3 is 2.86 bits per heavy atom. The van der Waals surface area contributed by atoms with Crippen LogP contribution in [0.1, 0.15) is 12.8 Å². The first kappa shape index (κ1) is 11.0. The molecule has 1 atom stereocenters. The van der Waals surface area contributed by atoms with Crippen LogP contribution in [-0.4, -0.2) is 38.5 Å². The van der Waals surface area contributed by atoms with Crippen LogP contribution in [0.3, 0.4) is 0 Å². The van der Waals surface area contributed by atoms with Crippen molar-refractivity contribution in [1.82, 2.24) is 16.0 Å². The fourth-order valence-electron chi connectivity index (χ4n) is 1.45. The lowest BCUT2D eigenvalue weighted by molar-refractivity contribution is -0.124. The molecule has 1 fully saturated rings. The normalized spacial score (nSPS) is 20.5. The first-order chi connectivity index (χ1) is 6.74. The molecule has 1 aliphatic heterocycles. The second kappa shape index (κ2) is 5.59. The Morgan fingerprint density at radius 2 is 2.29 bits per heavy atom. The van der Waals surface area contributed by atoms with Crippen molar-refractivity contribution in [3.63, 3.8) is 0 Å². The third-order valence-corrected chi connectivity index (χ3v) is 2.36. The minimum atomic E-state index is -0.0464. The predicted octanol–water partition coefficient (Wildman–Crippen LogP) is -1.15. The Morgan fingerprint density at radius 1 is 1.50 bits per heavy atom. The zero-order valence-corrected chi connectivity index (χ0v) is 8.43. The molecule has 1 saturated heterocycles. The average Bonchev–Trinajstić information content (AvgIpc) is 2.70. The van der Waals surface area contributed by atoms with Gasteiger partial charge in [-0.25, -0.2) is 0 Å². The third-order valence-electron chi connectivity index (χ3n) is 2.36. The SMILES string of the molecule is CNC(=O)CCNC(=O)C1CCNC1. The number of carbonyl (C=O) groups excluding carboxylic acids is 2. The Kier molecular flexibility index (Phi) is 4.39. The predicted molar refractivity (Wildman–Crippen MR) is 52.7 cm³/mol. The molecular weight excluding hydrogens is 182 g/mol. The average molecular weight is 199 g/mol. The molecule has 0 aliphatic carbocycles. The summed E-state index contributed by atoms with van der Waals surface area (Å²) in [6.45, 7) is 2.09. The van der Waals surface area contributed by atoms with Crippen molar-refractivity contribution in [3.8, 4) is 0 Å². The molecule has 0 aromatic rings. The van der Waals surface area contributed by atoms with E-state index < -0.39 is 0 Å². The molecule has 1 aliphatic rings. The number of rotatable bonds is 4. The molecule has 3 N–H and O–H groups in total. The van der Waals surface area contributed by atoms with Crippen LogP contribution < -0.4 is 16.0 Å². The minimum absolute atomic E-state index is 0.0464. The maximum absolute atomic E-state index is 11.4. The number of hydrogen-bond donors (Lipinski definition) is 3. The fraction of sp³-hybridized carbons (Fsp3) is 0.778. The highest BCUT2D eigenvalue weighted by Gasteiger charge is 2.21. The third kappa shape index (κ3) is 3.33. The molecule has 80 valence electrons. The summed E-state index contributed by atoms with van der Waals surface area (Å²) >= 11 is 0. The highest BCUT2D eigenvalue weighted by molar-refractivity contribution is 5.80. The smallest absolute Gasteiger partial charge is 0.224 e. The highest BCUT2D eigenvalue weighted by Crippen LogP contribution is 2.06. The molecule has 0 aromatic heterocycles. The van der Waals surface area contributed by atoms with Crippen LogP contribution >= 0.6 is 0 Å². The summed E-state index contributed by atoms with van der Waals surface area (Å²) in [5.74, 6) is 0.0911. The summed E-state index contributed by atoms with van der Waals surface area (Å²) in [6.07, 6.45) is 1.24. The van der Waals surface area contributed by atoms with E-state index in [0.29, 0.717) is 13.0 Å². The quantitative estimate of drug-likeness (QED) is 0.535. The summed E-state index contributed by atoms with van der Waals surface area (Å²) in [5.41, 5.74) is 0. The van der Waals surface area contributed by atoms with Gasteiger partial charge in [0, 0.05) is 26.6 Å². The topological polar surface area (TPSA) is 70.2 Å². The van der Waals surface area contributed by atoms with Gasteiger partial charge in [0.15, 0.2) is 0 Å². The van der Waals surface area contributed by atoms with Gasteiger partial charge < -0.3 is 16.0 Å². The van der Waals surface area contributed by atoms with E-state index in [0.717, 1.165) is 19.5 Å². The largest absolute Gasteiger partial charge is 0.359 e. The Bertz CT molecular complexity index is 212. The molecule has 0 radical (unpaired) electrons. The van der Waals surface area contributed by atoms with Gasteiger partial charge in [-0.2, -0.15) is 0 Å². The molecule has 5 heteroatoms. The van der Waals surface area contributed by atoms with Crippen LogP contribution in [0.2, 0.25) is 0 Å². The van der Waals surface area contributed by atoms with Crippen molar-refractivity contribution >= 4 is 11.8 Å². The molecule has 1 unspecified atom stereocenters. The van der Waals surface area contributed by atoms with E-state index in [1.165, 1.54) is 0 Å². The first-order valence-electron chi connectivity index (χ1n) is 4.93. The van der Waals surface area contributed by atoms with E-state index in [-0.39, 0.29) is 17.7 Å². The van der Waals surface area contributed by atoms with E-state index in [9.17, 15) is 9.59 Å². The Balaban J connectivity index is 2.11. The van der Waals surface area contributed by atoms with Crippen molar-refractivity contribution in [2.45, 2.75) is 12.8 Å². The van der Waals surface area contributed by atoms with Gasteiger partial charge in [0.05, 0.1) is 5.92 Å². The Hall–Kier alpha value is -1.10. The maximum Gasteiger partial charge on any atom is 0.224 e. The summed E-state index contributed by atoms with van der Waals surface area (Å²) in [6, 6.07) is 0. The van der Waals surface area contributed by atoms with Crippen LogP contribution in [0.15, 0.2) is 0 Å². The molecule has 1 rings (SSSR count). The van der Waals surface area contributed by atoms with Crippen molar-refractivity contribution in [1.29, 1.82) is 0 Å². The lowest BCUT2D eigenvalue weighted by atomic mass is 10.1. The molecule has 14 heavy (non-hydrogen) atoms. The van der Waals surface area contributed by atoms with Crippen molar-refractivity contribution in [2.75, 3.05) is 26.7 Å². The van der Waals surface area contributed by atoms with Gasteiger partial charge in [-0.05, 0) is 13.0 Å². The zero-order valence-electron chi connectivity index (χ0n) is 8.43. The second-order valence-electron chi connectivity index (χ2n) is 3.40. The lowest BCUT2D eigenvalue weighted by Gasteiger charge is -2.08. The van der Waals surface area contributed by atoms with Gasteiger partial charge in [0.2, 0.25) is 11.8 Å². The minimum Gasteiger partial charge on any atom is -0.359 e. The van der Waals surface area contributed by atoms with Crippen LogP contribution in [0.4, 0.5) is 0 Å². The molecule has 2 amide bonds.